The van der Waals surface area contributed by atoms with Crippen LogP contribution in [-0.2, 0) is 4.79 Å². The quantitative estimate of drug-likeness (QED) is 0.223. The minimum atomic E-state index is -6.69. The van der Waals surface area contributed by atoms with E-state index in [1.807, 2.05) is 20.8 Å². The molecule has 13 heteroatoms. The van der Waals surface area contributed by atoms with Gasteiger partial charge in [0.05, 0.1) is 0 Å². The van der Waals surface area contributed by atoms with Crippen LogP contribution >= 0.6 is 0 Å². The number of Topliss-reactive ketones (excluding diaryl/α,β-unsaturated/α-hetero) is 1. The SMILES string of the molecule is CCC(C)(C)CCN(c1cccc(N2C=C(C(=O)C(F)(F)C(F)(F)C(F)(F)F)C(C)(C)CC2)c1)C(F)(F)F. The molecule has 0 spiro atoms. The number of hydrogen-bond donors (Lipinski definition) is 0. The fourth-order valence-electron chi connectivity index (χ4n) is 3.82. The van der Waals surface area contributed by atoms with Crippen molar-refractivity contribution in [2.24, 2.45) is 10.8 Å². The molecule has 0 unspecified atom stereocenters. The molecular formula is C25H30F10N2O. The van der Waals surface area contributed by atoms with Crippen molar-refractivity contribution in [1.29, 1.82) is 0 Å². The van der Waals surface area contributed by atoms with Gasteiger partial charge in [0, 0.05) is 36.2 Å². The van der Waals surface area contributed by atoms with Gasteiger partial charge in [-0.3, -0.25) is 9.69 Å². The third-order valence-corrected chi connectivity index (χ3v) is 7.02. The molecule has 216 valence electrons. The van der Waals surface area contributed by atoms with E-state index in [1.165, 1.54) is 32.0 Å². The van der Waals surface area contributed by atoms with Gasteiger partial charge in [-0.25, -0.2) is 0 Å². The Morgan fingerprint density at radius 3 is 2.08 bits per heavy atom. The highest BCUT2D eigenvalue weighted by atomic mass is 19.4. The first-order valence-electron chi connectivity index (χ1n) is 11.8. The maximum absolute atomic E-state index is 14.2. The molecule has 3 nitrogen and oxygen atoms in total. The van der Waals surface area contributed by atoms with Crippen LogP contribution in [0.4, 0.5) is 55.3 Å². The van der Waals surface area contributed by atoms with Crippen LogP contribution in [0.15, 0.2) is 36.0 Å². The van der Waals surface area contributed by atoms with Crippen molar-refractivity contribution in [3.05, 3.63) is 36.0 Å². The van der Waals surface area contributed by atoms with Crippen molar-refractivity contribution in [3.8, 4) is 0 Å². The van der Waals surface area contributed by atoms with Crippen LogP contribution in [0.25, 0.3) is 0 Å². The largest absolute Gasteiger partial charge is 0.484 e. The third kappa shape index (κ3) is 6.39. The Kier molecular flexibility index (Phi) is 8.57. The third-order valence-electron chi connectivity index (χ3n) is 7.02. The molecule has 0 saturated heterocycles. The van der Waals surface area contributed by atoms with Gasteiger partial charge < -0.3 is 4.90 Å². The van der Waals surface area contributed by atoms with E-state index in [2.05, 4.69) is 0 Å². The minimum Gasteiger partial charge on any atom is -0.347 e. The van der Waals surface area contributed by atoms with Crippen molar-refractivity contribution >= 4 is 17.2 Å². The summed E-state index contributed by atoms with van der Waals surface area (Å²) in [6.45, 7) is 7.52. The molecule has 0 amide bonds. The number of nitrogens with zero attached hydrogens (tertiary/aromatic N) is 2. The first kappa shape index (κ1) is 31.7. The van der Waals surface area contributed by atoms with Gasteiger partial charge >= 0.3 is 24.3 Å². The van der Waals surface area contributed by atoms with E-state index in [9.17, 15) is 48.7 Å². The fraction of sp³-hybridized carbons (Fsp3) is 0.640. The zero-order valence-corrected chi connectivity index (χ0v) is 21.5. The molecule has 0 aliphatic carbocycles. The number of anilines is 2. The van der Waals surface area contributed by atoms with Gasteiger partial charge in [0.2, 0.25) is 5.78 Å². The number of benzene rings is 1. The molecule has 0 N–H and O–H groups in total. The average molecular weight is 565 g/mol. The standard InChI is InChI=1S/C25H30F10N2O/c1-6-20(2,3)10-13-37(25(33,34)35)17-9-7-8-16(14-17)36-12-11-21(4,5)18(15-36)19(38)22(26,27)23(28,29)24(30,31)32/h7-9,14-15H,6,10-13H2,1-5H3. The molecule has 0 bridgehead atoms. The molecule has 0 saturated carbocycles. The second kappa shape index (κ2) is 10.3. The summed E-state index contributed by atoms with van der Waals surface area (Å²) in [7, 11) is 0. The molecular weight excluding hydrogens is 534 g/mol. The molecule has 1 aliphatic heterocycles. The van der Waals surface area contributed by atoms with Crippen LogP contribution in [0.3, 0.4) is 0 Å². The summed E-state index contributed by atoms with van der Waals surface area (Å²) in [5.41, 5.74) is -3.18. The number of allylic oxidation sites excluding steroid dienone is 1. The summed E-state index contributed by atoms with van der Waals surface area (Å²) in [4.78, 5) is 13.7. The lowest BCUT2D eigenvalue weighted by molar-refractivity contribution is -0.343. The lowest BCUT2D eigenvalue weighted by Gasteiger charge is -2.39. The number of carbonyl (C=O) groups excluding carboxylic acids is 1. The van der Waals surface area contributed by atoms with E-state index >= 15 is 0 Å². The van der Waals surface area contributed by atoms with E-state index < -0.39 is 41.1 Å². The summed E-state index contributed by atoms with van der Waals surface area (Å²) in [6, 6.07) is 4.84. The Labute approximate surface area is 214 Å². The Balaban J connectivity index is 2.50. The van der Waals surface area contributed by atoms with E-state index in [1.54, 1.807) is 0 Å². The Hall–Kier alpha value is -2.47. The lowest BCUT2D eigenvalue weighted by Crippen LogP contribution is -2.57. The van der Waals surface area contributed by atoms with Gasteiger partial charge in [0.1, 0.15) is 0 Å². The summed E-state index contributed by atoms with van der Waals surface area (Å²) < 4.78 is 135. The number of carbonyl (C=O) groups is 1. The highest BCUT2D eigenvalue weighted by Crippen LogP contribution is 2.50. The minimum absolute atomic E-state index is 0.0122. The Morgan fingerprint density at radius 1 is 1.00 bits per heavy atom. The molecule has 0 atom stereocenters. The van der Waals surface area contributed by atoms with Crippen molar-refractivity contribution in [2.75, 3.05) is 22.9 Å². The number of alkyl halides is 10. The first-order valence-corrected chi connectivity index (χ1v) is 11.8. The highest BCUT2D eigenvalue weighted by Gasteiger charge is 2.76. The van der Waals surface area contributed by atoms with E-state index in [0.29, 0.717) is 12.6 Å². The van der Waals surface area contributed by atoms with Crippen LogP contribution in [0.2, 0.25) is 0 Å². The normalized spacial score (nSPS) is 17.3. The molecule has 38 heavy (non-hydrogen) atoms. The fourth-order valence-corrected chi connectivity index (χ4v) is 3.82. The second-order valence-electron chi connectivity index (χ2n) is 10.8. The van der Waals surface area contributed by atoms with Crippen molar-refractivity contribution in [2.45, 2.75) is 78.2 Å². The Morgan fingerprint density at radius 2 is 1.58 bits per heavy atom. The lowest BCUT2D eigenvalue weighted by atomic mass is 9.75. The monoisotopic (exact) mass is 564 g/mol. The predicted molar refractivity (Wildman–Crippen MR) is 123 cm³/mol. The van der Waals surface area contributed by atoms with Crippen LogP contribution in [0, 0.1) is 10.8 Å². The van der Waals surface area contributed by atoms with Gasteiger partial charge in [-0.1, -0.05) is 47.1 Å². The second-order valence-corrected chi connectivity index (χ2v) is 10.8. The van der Waals surface area contributed by atoms with Crippen LogP contribution in [-0.4, -0.2) is 43.2 Å². The van der Waals surface area contributed by atoms with Gasteiger partial charge in [0.15, 0.2) is 0 Å². The number of rotatable bonds is 9. The summed E-state index contributed by atoms with van der Waals surface area (Å²) in [5, 5.41) is 0. The summed E-state index contributed by atoms with van der Waals surface area (Å²) in [6.07, 6.45) is -10.1. The molecule has 1 heterocycles. The molecule has 1 aliphatic rings. The molecule has 2 rings (SSSR count). The predicted octanol–water partition coefficient (Wildman–Crippen LogP) is 8.36. The summed E-state index contributed by atoms with van der Waals surface area (Å²) >= 11 is 0. The van der Waals surface area contributed by atoms with Gasteiger partial charge in [-0.05, 0) is 41.9 Å². The van der Waals surface area contributed by atoms with Crippen LogP contribution < -0.4 is 9.80 Å². The molecule has 0 radical (unpaired) electrons. The van der Waals surface area contributed by atoms with Gasteiger partial charge in [0.25, 0.3) is 0 Å². The number of hydrogen-bond acceptors (Lipinski definition) is 3. The van der Waals surface area contributed by atoms with Crippen molar-refractivity contribution in [1.82, 2.24) is 0 Å². The number of halogens is 10. The topological polar surface area (TPSA) is 23.6 Å². The molecule has 0 fully saturated rings. The van der Waals surface area contributed by atoms with Crippen molar-refractivity contribution < 1.29 is 48.7 Å². The maximum Gasteiger partial charge on any atom is 0.484 e. The van der Waals surface area contributed by atoms with E-state index in [-0.39, 0.29) is 47.6 Å². The van der Waals surface area contributed by atoms with Crippen LogP contribution in [0.5, 0.6) is 0 Å². The first-order chi connectivity index (χ1) is 17.0. The van der Waals surface area contributed by atoms with Gasteiger partial charge in [-0.15, -0.1) is 0 Å². The average Bonchev–Trinajstić information content (AvgIpc) is 2.77. The molecule has 1 aromatic rings. The Bertz CT molecular complexity index is 1040. The molecule has 1 aromatic carbocycles. The van der Waals surface area contributed by atoms with Crippen molar-refractivity contribution in [3.63, 3.8) is 0 Å². The summed E-state index contributed by atoms with van der Waals surface area (Å²) in [5.74, 6) is -15.4. The number of ketones is 1. The van der Waals surface area contributed by atoms with Gasteiger partial charge in [-0.2, -0.15) is 43.9 Å². The zero-order valence-electron chi connectivity index (χ0n) is 21.5. The highest BCUT2D eigenvalue weighted by molar-refractivity contribution is 6.03. The smallest absolute Gasteiger partial charge is 0.347 e. The maximum atomic E-state index is 14.2. The van der Waals surface area contributed by atoms with E-state index in [4.69, 9.17) is 0 Å². The zero-order chi connectivity index (χ0) is 29.5. The molecule has 0 aromatic heterocycles. The van der Waals surface area contributed by atoms with E-state index in [0.717, 1.165) is 11.0 Å². The van der Waals surface area contributed by atoms with Crippen LogP contribution in [0.1, 0.15) is 53.9 Å².